The molecule has 4 rings (SSSR count). The van der Waals surface area contributed by atoms with Crippen LogP contribution < -0.4 is 10.1 Å². The number of amides is 2. The number of rotatable bonds is 4. The standard InChI is InChI=1S/C17H19N5O3S.C2HF3O2/c1-11-14(20-21-26-11)15(23)22-7-5-17(10-22)12(8-19-16(17)24)9-25-13-4-2-3-6-18-13;3-2(4,5)1(6)7/h2-4,6,12H,5,7-10H2,1H3,(H,19,24);(H,6,7)/t12-,17+;/m0./s1. The lowest BCUT2D eigenvalue weighted by Crippen LogP contribution is -2.41. The zero-order chi connectivity index (χ0) is 24.2. The summed E-state index contributed by atoms with van der Waals surface area (Å²) < 4.78 is 41.4. The van der Waals surface area contributed by atoms with Gasteiger partial charge in [0, 0.05) is 37.8 Å². The monoisotopic (exact) mass is 487 g/mol. The number of aliphatic carboxylic acids is 1. The van der Waals surface area contributed by atoms with Crippen LogP contribution in [0.4, 0.5) is 13.2 Å². The van der Waals surface area contributed by atoms with Crippen LogP contribution in [-0.4, -0.2) is 74.8 Å². The Bertz CT molecular complexity index is 1020. The highest BCUT2D eigenvalue weighted by atomic mass is 32.1. The number of carbonyl (C=O) groups is 3. The summed E-state index contributed by atoms with van der Waals surface area (Å²) in [4.78, 5) is 40.9. The number of aryl methyl sites for hydroxylation is 1. The average molecular weight is 487 g/mol. The van der Waals surface area contributed by atoms with Gasteiger partial charge in [-0.1, -0.05) is 10.6 Å². The largest absolute Gasteiger partial charge is 0.490 e. The van der Waals surface area contributed by atoms with E-state index in [1.54, 1.807) is 17.2 Å². The molecular formula is C19H20F3N5O5S. The number of nitrogens with zero attached hydrogens (tertiary/aromatic N) is 4. The predicted molar refractivity (Wildman–Crippen MR) is 108 cm³/mol. The van der Waals surface area contributed by atoms with E-state index in [2.05, 4.69) is 19.9 Å². The molecule has 0 saturated carbocycles. The topological polar surface area (TPSA) is 135 Å². The molecule has 2 N–H and O–H groups in total. The van der Waals surface area contributed by atoms with Crippen LogP contribution >= 0.6 is 11.5 Å². The number of halogens is 3. The molecule has 2 fully saturated rings. The van der Waals surface area contributed by atoms with Gasteiger partial charge in [-0.05, 0) is 30.9 Å². The van der Waals surface area contributed by atoms with Crippen molar-refractivity contribution in [2.24, 2.45) is 11.3 Å². The molecule has 2 atom stereocenters. The first-order valence-corrected chi connectivity index (χ1v) is 10.5. The highest BCUT2D eigenvalue weighted by Gasteiger charge is 2.55. The number of carboxylic acid groups (broad SMARTS) is 1. The fraction of sp³-hybridized carbons (Fsp3) is 0.474. The molecule has 10 nitrogen and oxygen atoms in total. The minimum absolute atomic E-state index is 0.00412. The summed E-state index contributed by atoms with van der Waals surface area (Å²) in [6.45, 7) is 3.67. The van der Waals surface area contributed by atoms with Crippen LogP contribution in [0.2, 0.25) is 0 Å². The van der Waals surface area contributed by atoms with Gasteiger partial charge in [-0.15, -0.1) is 5.10 Å². The number of ether oxygens (including phenoxy) is 1. The molecule has 2 saturated heterocycles. The normalized spacial score (nSPS) is 22.0. The molecule has 2 aliphatic heterocycles. The summed E-state index contributed by atoms with van der Waals surface area (Å²) in [5.41, 5.74) is -0.228. The Morgan fingerprint density at radius 2 is 2.12 bits per heavy atom. The number of hydrogen-bond donors (Lipinski definition) is 2. The lowest BCUT2D eigenvalue weighted by molar-refractivity contribution is -0.192. The van der Waals surface area contributed by atoms with Crippen molar-refractivity contribution in [1.29, 1.82) is 0 Å². The second-order valence-electron chi connectivity index (χ2n) is 7.50. The van der Waals surface area contributed by atoms with Gasteiger partial charge in [0.1, 0.15) is 0 Å². The number of alkyl halides is 3. The van der Waals surface area contributed by atoms with Gasteiger partial charge in [0.25, 0.3) is 5.91 Å². The summed E-state index contributed by atoms with van der Waals surface area (Å²) in [5.74, 6) is -2.39. The van der Waals surface area contributed by atoms with Crippen LogP contribution in [0, 0.1) is 18.3 Å². The molecule has 4 heterocycles. The SMILES string of the molecule is Cc1snnc1C(=O)N1CC[C@]2(C1)C(=O)NC[C@H]2COc1ccccn1.O=C(O)C(F)(F)F. The van der Waals surface area contributed by atoms with Gasteiger partial charge < -0.3 is 20.1 Å². The van der Waals surface area contributed by atoms with Gasteiger partial charge in [0.15, 0.2) is 5.69 Å². The molecule has 2 amide bonds. The van der Waals surface area contributed by atoms with Crippen molar-refractivity contribution in [3.05, 3.63) is 35.0 Å². The third-order valence-corrected chi connectivity index (χ3v) is 6.13. The Morgan fingerprint density at radius 3 is 2.70 bits per heavy atom. The zero-order valence-corrected chi connectivity index (χ0v) is 18.1. The van der Waals surface area contributed by atoms with Gasteiger partial charge in [0.05, 0.1) is 16.9 Å². The van der Waals surface area contributed by atoms with E-state index in [9.17, 15) is 22.8 Å². The van der Waals surface area contributed by atoms with E-state index in [4.69, 9.17) is 14.6 Å². The molecule has 0 aromatic carbocycles. The Balaban J connectivity index is 0.000000383. The molecule has 2 aromatic heterocycles. The number of pyridine rings is 1. The summed E-state index contributed by atoms with van der Waals surface area (Å²) in [5, 5.41) is 14.0. The number of hydrogen-bond acceptors (Lipinski definition) is 8. The fourth-order valence-electron chi connectivity index (χ4n) is 3.71. The molecule has 2 aliphatic rings. The minimum atomic E-state index is -5.08. The first kappa shape index (κ1) is 24.4. The van der Waals surface area contributed by atoms with E-state index in [1.807, 2.05) is 19.1 Å². The number of aromatic nitrogens is 3. The second-order valence-corrected chi connectivity index (χ2v) is 8.46. The maximum Gasteiger partial charge on any atom is 0.490 e. The van der Waals surface area contributed by atoms with Gasteiger partial charge in [-0.25, -0.2) is 9.78 Å². The van der Waals surface area contributed by atoms with Gasteiger partial charge in [-0.2, -0.15) is 13.2 Å². The van der Waals surface area contributed by atoms with Crippen molar-refractivity contribution in [3.63, 3.8) is 0 Å². The first-order chi connectivity index (χ1) is 15.5. The molecule has 14 heteroatoms. The molecule has 2 aromatic rings. The second kappa shape index (κ2) is 9.68. The number of nitrogens with one attached hydrogen (secondary N) is 1. The van der Waals surface area contributed by atoms with Crippen LogP contribution in [0.25, 0.3) is 0 Å². The fourth-order valence-corrected chi connectivity index (χ4v) is 4.17. The Morgan fingerprint density at radius 1 is 1.39 bits per heavy atom. The van der Waals surface area contributed by atoms with Crippen LogP contribution in [-0.2, 0) is 9.59 Å². The highest BCUT2D eigenvalue weighted by Crippen LogP contribution is 2.42. The number of carboxylic acids is 1. The third-order valence-electron chi connectivity index (χ3n) is 5.50. The van der Waals surface area contributed by atoms with Crippen LogP contribution in [0.3, 0.4) is 0 Å². The predicted octanol–water partition coefficient (Wildman–Crippen LogP) is 1.53. The maximum atomic E-state index is 12.7. The van der Waals surface area contributed by atoms with E-state index in [1.165, 1.54) is 11.5 Å². The van der Waals surface area contributed by atoms with E-state index in [0.29, 0.717) is 44.2 Å². The molecule has 33 heavy (non-hydrogen) atoms. The minimum Gasteiger partial charge on any atom is -0.477 e. The Hall–Kier alpha value is -3.29. The van der Waals surface area contributed by atoms with E-state index >= 15 is 0 Å². The zero-order valence-electron chi connectivity index (χ0n) is 17.3. The first-order valence-electron chi connectivity index (χ1n) is 9.75. The molecule has 0 aliphatic carbocycles. The number of carbonyl (C=O) groups excluding carboxylic acids is 2. The van der Waals surface area contributed by atoms with Crippen molar-refractivity contribution < 1.29 is 37.4 Å². The lowest BCUT2D eigenvalue weighted by atomic mass is 9.77. The van der Waals surface area contributed by atoms with Crippen molar-refractivity contribution >= 4 is 29.3 Å². The molecule has 1 spiro atoms. The lowest BCUT2D eigenvalue weighted by Gasteiger charge is -2.27. The van der Waals surface area contributed by atoms with E-state index in [0.717, 1.165) is 4.88 Å². The van der Waals surface area contributed by atoms with Gasteiger partial charge in [0.2, 0.25) is 11.8 Å². The summed E-state index contributed by atoms with van der Waals surface area (Å²) in [7, 11) is 0. The quantitative estimate of drug-likeness (QED) is 0.663. The smallest absolute Gasteiger partial charge is 0.477 e. The Labute approximate surface area is 189 Å². The van der Waals surface area contributed by atoms with Gasteiger partial charge in [-0.3, -0.25) is 9.59 Å². The summed E-state index contributed by atoms with van der Waals surface area (Å²) >= 11 is 1.21. The summed E-state index contributed by atoms with van der Waals surface area (Å²) in [6, 6.07) is 5.47. The van der Waals surface area contributed by atoms with Crippen LogP contribution in [0.1, 0.15) is 21.8 Å². The van der Waals surface area contributed by atoms with Crippen molar-refractivity contribution in [2.45, 2.75) is 19.5 Å². The van der Waals surface area contributed by atoms with Crippen molar-refractivity contribution in [2.75, 3.05) is 26.2 Å². The number of likely N-dealkylation sites (tertiary alicyclic amines) is 1. The van der Waals surface area contributed by atoms with Crippen LogP contribution in [0.5, 0.6) is 5.88 Å². The molecule has 0 radical (unpaired) electrons. The molecule has 0 unspecified atom stereocenters. The molecular weight excluding hydrogens is 467 g/mol. The highest BCUT2D eigenvalue weighted by molar-refractivity contribution is 7.05. The van der Waals surface area contributed by atoms with Crippen molar-refractivity contribution in [1.82, 2.24) is 24.8 Å². The molecule has 178 valence electrons. The van der Waals surface area contributed by atoms with Crippen LogP contribution in [0.15, 0.2) is 24.4 Å². The molecule has 0 bridgehead atoms. The third kappa shape index (κ3) is 5.38. The van der Waals surface area contributed by atoms with E-state index < -0.39 is 17.6 Å². The average Bonchev–Trinajstić information content (AvgIpc) is 3.48. The van der Waals surface area contributed by atoms with Crippen molar-refractivity contribution in [3.8, 4) is 5.88 Å². The van der Waals surface area contributed by atoms with Gasteiger partial charge >= 0.3 is 12.1 Å². The van der Waals surface area contributed by atoms with E-state index in [-0.39, 0.29) is 17.7 Å². The summed E-state index contributed by atoms with van der Waals surface area (Å²) in [6.07, 6.45) is -2.79. The maximum absolute atomic E-state index is 12.7. The Kier molecular flexibility index (Phi) is 7.15.